The smallest absolute Gasteiger partial charge is 0.0481 e. The molecule has 0 aliphatic carbocycles. The van der Waals surface area contributed by atoms with Gasteiger partial charge in [0.25, 0.3) is 0 Å². The molecule has 1 aliphatic heterocycles. The fourth-order valence-corrected chi connectivity index (χ4v) is 3.03. The summed E-state index contributed by atoms with van der Waals surface area (Å²) in [5.74, 6) is 0.649. The van der Waals surface area contributed by atoms with Gasteiger partial charge >= 0.3 is 0 Å². The maximum absolute atomic E-state index is 5.74. The van der Waals surface area contributed by atoms with Gasteiger partial charge in [0.15, 0.2) is 0 Å². The Morgan fingerprint density at radius 2 is 2.17 bits per heavy atom. The van der Waals surface area contributed by atoms with Gasteiger partial charge in [-0.1, -0.05) is 18.2 Å². The molecule has 3 heteroatoms. The van der Waals surface area contributed by atoms with Crippen LogP contribution >= 0.6 is 0 Å². The summed E-state index contributed by atoms with van der Waals surface area (Å²) in [5, 5.41) is 5.03. The fraction of sp³-hybridized carbons (Fsp3) is 0.467. The van der Waals surface area contributed by atoms with Crippen LogP contribution < -0.4 is 11.1 Å². The number of para-hydroxylation sites is 1. The van der Waals surface area contributed by atoms with Crippen LogP contribution in [0.25, 0.3) is 10.9 Å². The van der Waals surface area contributed by atoms with Crippen molar-refractivity contribution in [1.82, 2.24) is 9.88 Å². The Balaban J connectivity index is 1.91. The van der Waals surface area contributed by atoms with E-state index >= 15 is 0 Å². The van der Waals surface area contributed by atoms with Gasteiger partial charge in [-0.3, -0.25) is 0 Å². The van der Waals surface area contributed by atoms with E-state index in [1.165, 1.54) is 29.3 Å². The lowest BCUT2D eigenvalue weighted by Crippen LogP contribution is -2.36. The quantitative estimate of drug-likeness (QED) is 0.849. The van der Waals surface area contributed by atoms with E-state index in [0.29, 0.717) is 12.0 Å². The molecule has 1 saturated heterocycles. The number of rotatable bonds is 2. The van der Waals surface area contributed by atoms with Crippen LogP contribution in [-0.2, 0) is 7.05 Å². The summed E-state index contributed by atoms with van der Waals surface area (Å²) in [4.78, 5) is 0. The zero-order valence-corrected chi connectivity index (χ0v) is 10.9. The average molecular weight is 243 g/mol. The Labute approximate surface area is 108 Å². The first kappa shape index (κ1) is 11.8. The Morgan fingerprint density at radius 1 is 1.33 bits per heavy atom. The monoisotopic (exact) mass is 243 g/mol. The highest BCUT2D eigenvalue weighted by Gasteiger charge is 2.23. The van der Waals surface area contributed by atoms with Crippen LogP contribution in [0.15, 0.2) is 30.5 Å². The predicted molar refractivity (Wildman–Crippen MR) is 75.4 cm³/mol. The van der Waals surface area contributed by atoms with E-state index in [1.807, 2.05) is 0 Å². The summed E-state index contributed by atoms with van der Waals surface area (Å²) < 4.78 is 2.22. The van der Waals surface area contributed by atoms with Gasteiger partial charge in [0, 0.05) is 30.2 Å². The number of benzene rings is 1. The minimum absolute atomic E-state index is 0.485. The average Bonchev–Trinajstić information content (AvgIpc) is 2.77. The van der Waals surface area contributed by atoms with Crippen molar-refractivity contribution in [2.75, 3.05) is 13.1 Å². The molecule has 1 fully saturated rings. The van der Waals surface area contributed by atoms with E-state index in [1.54, 1.807) is 0 Å². The van der Waals surface area contributed by atoms with Crippen molar-refractivity contribution >= 4 is 10.9 Å². The number of aryl methyl sites for hydroxylation is 1. The van der Waals surface area contributed by atoms with E-state index in [0.717, 1.165) is 13.1 Å². The van der Waals surface area contributed by atoms with E-state index in [-0.39, 0.29) is 0 Å². The molecule has 1 aliphatic rings. The molecule has 96 valence electrons. The van der Waals surface area contributed by atoms with Crippen LogP contribution in [0.3, 0.4) is 0 Å². The first-order valence-corrected chi connectivity index (χ1v) is 6.77. The summed E-state index contributed by atoms with van der Waals surface area (Å²) in [5.41, 5.74) is 8.49. The lowest BCUT2D eigenvalue weighted by molar-refractivity contribution is 0.321. The third kappa shape index (κ3) is 1.93. The third-order valence-corrected chi connectivity index (χ3v) is 4.15. The standard InChI is InChI=1S/C15H21N3/c1-18-10-13(12-4-2-3-5-15(12)18)14-7-6-11(8-16)9-17-14/h2-5,10-11,14,17H,6-9,16H2,1H3. The topological polar surface area (TPSA) is 43.0 Å². The van der Waals surface area contributed by atoms with Crippen molar-refractivity contribution in [3.63, 3.8) is 0 Å². The Kier molecular flexibility index (Phi) is 3.10. The van der Waals surface area contributed by atoms with Crippen LogP contribution in [0, 0.1) is 5.92 Å². The minimum Gasteiger partial charge on any atom is -0.350 e. The SMILES string of the molecule is Cn1cc(C2CCC(CN)CN2)c2ccccc21. The van der Waals surface area contributed by atoms with Crippen molar-refractivity contribution in [3.8, 4) is 0 Å². The molecule has 3 N–H and O–H groups in total. The van der Waals surface area contributed by atoms with Gasteiger partial charge in [-0.25, -0.2) is 0 Å². The van der Waals surface area contributed by atoms with Crippen molar-refractivity contribution < 1.29 is 0 Å². The third-order valence-electron chi connectivity index (χ3n) is 4.15. The predicted octanol–water partition coefficient (Wildman–Crippen LogP) is 2.18. The second-order valence-electron chi connectivity index (χ2n) is 5.35. The van der Waals surface area contributed by atoms with Gasteiger partial charge in [-0.05, 0) is 43.5 Å². The highest BCUT2D eigenvalue weighted by Crippen LogP contribution is 2.31. The Hall–Kier alpha value is -1.32. The number of nitrogens with zero attached hydrogens (tertiary/aromatic N) is 1. The lowest BCUT2D eigenvalue weighted by Gasteiger charge is -2.29. The van der Waals surface area contributed by atoms with Crippen molar-refractivity contribution in [2.45, 2.75) is 18.9 Å². The van der Waals surface area contributed by atoms with Crippen LogP contribution in [-0.4, -0.2) is 17.7 Å². The van der Waals surface area contributed by atoms with Gasteiger partial charge in [0.1, 0.15) is 0 Å². The van der Waals surface area contributed by atoms with Crippen LogP contribution in [0.2, 0.25) is 0 Å². The second kappa shape index (κ2) is 4.75. The number of nitrogens with one attached hydrogen (secondary N) is 1. The summed E-state index contributed by atoms with van der Waals surface area (Å²) in [7, 11) is 2.12. The molecule has 2 unspecified atom stereocenters. The molecule has 18 heavy (non-hydrogen) atoms. The molecule has 0 spiro atoms. The normalized spacial score (nSPS) is 24.6. The molecule has 0 saturated carbocycles. The highest BCUT2D eigenvalue weighted by atomic mass is 15.0. The lowest BCUT2D eigenvalue weighted by atomic mass is 9.91. The van der Waals surface area contributed by atoms with E-state index < -0.39 is 0 Å². The van der Waals surface area contributed by atoms with E-state index in [2.05, 4.69) is 47.4 Å². The van der Waals surface area contributed by atoms with E-state index in [4.69, 9.17) is 5.73 Å². The molecule has 0 amide bonds. The summed E-state index contributed by atoms with van der Waals surface area (Å²) >= 11 is 0. The summed E-state index contributed by atoms with van der Waals surface area (Å²) in [6.07, 6.45) is 4.69. The first-order chi connectivity index (χ1) is 8.79. The molecule has 1 aromatic heterocycles. The molecule has 3 nitrogen and oxygen atoms in total. The number of aromatic nitrogens is 1. The molecule has 3 rings (SSSR count). The van der Waals surface area contributed by atoms with Crippen LogP contribution in [0.5, 0.6) is 0 Å². The van der Waals surface area contributed by atoms with Crippen molar-refractivity contribution in [3.05, 3.63) is 36.0 Å². The zero-order valence-electron chi connectivity index (χ0n) is 10.9. The number of nitrogens with two attached hydrogens (primary N) is 1. The summed E-state index contributed by atoms with van der Waals surface area (Å²) in [6.45, 7) is 1.85. The number of hydrogen-bond acceptors (Lipinski definition) is 2. The number of piperidine rings is 1. The second-order valence-corrected chi connectivity index (χ2v) is 5.35. The first-order valence-electron chi connectivity index (χ1n) is 6.77. The zero-order chi connectivity index (χ0) is 12.5. The van der Waals surface area contributed by atoms with Crippen molar-refractivity contribution in [1.29, 1.82) is 0 Å². The molecule has 2 atom stereocenters. The van der Waals surface area contributed by atoms with Gasteiger partial charge in [-0.2, -0.15) is 0 Å². The maximum Gasteiger partial charge on any atom is 0.0481 e. The molecule has 1 aromatic carbocycles. The Morgan fingerprint density at radius 3 is 2.89 bits per heavy atom. The fourth-order valence-electron chi connectivity index (χ4n) is 3.03. The van der Waals surface area contributed by atoms with Crippen LogP contribution in [0.1, 0.15) is 24.4 Å². The molecule has 2 aromatic rings. The van der Waals surface area contributed by atoms with Gasteiger partial charge < -0.3 is 15.6 Å². The van der Waals surface area contributed by atoms with Crippen LogP contribution in [0.4, 0.5) is 0 Å². The minimum atomic E-state index is 0.485. The molecular formula is C15H21N3. The molecular weight excluding hydrogens is 222 g/mol. The van der Waals surface area contributed by atoms with E-state index in [9.17, 15) is 0 Å². The van der Waals surface area contributed by atoms with Gasteiger partial charge in [0.2, 0.25) is 0 Å². The summed E-state index contributed by atoms with van der Waals surface area (Å²) in [6, 6.07) is 9.12. The number of hydrogen-bond donors (Lipinski definition) is 2. The molecule has 0 radical (unpaired) electrons. The maximum atomic E-state index is 5.74. The van der Waals surface area contributed by atoms with Gasteiger partial charge in [-0.15, -0.1) is 0 Å². The van der Waals surface area contributed by atoms with Crippen molar-refractivity contribution in [2.24, 2.45) is 18.7 Å². The number of fused-ring (bicyclic) bond motifs is 1. The highest BCUT2D eigenvalue weighted by molar-refractivity contribution is 5.84. The Bertz CT molecular complexity index is 536. The van der Waals surface area contributed by atoms with Gasteiger partial charge in [0.05, 0.1) is 0 Å². The molecule has 2 heterocycles. The molecule has 0 bridgehead atoms. The largest absolute Gasteiger partial charge is 0.350 e.